The van der Waals surface area contributed by atoms with E-state index in [9.17, 15) is 18.0 Å². The normalized spacial score (nSPS) is 11.7. The Morgan fingerprint density at radius 1 is 1.07 bits per heavy atom. The van der Waals surface area contributed by atoms with E-state index in [-0.39, 0.29) is 5.56 Å². The van der Waals surface area contributed by atoms with Crippen LogP contribution in [0.15, 0.2) is 72.0 Å². The second-order valence-corrected chi connectivity index (χ2v) is 5.87. The summed E-state index contributed by atoms with van der Waals surface area (Å²) < 4.78 is 40.1. The maximum Gasteiger partial charge on any atom is 0.416 e. The number of nitrogens with one attached hydrogen (secondary N) is 1. The summed E-state index contributed by atoms with van der Waals surface area (Å²) in [5, 5.41) is 3.87. The summed E-state index contributed by atoms with van der Waals surface area (Å²) in [5.41, 5.74) is 4.01. The molecule has 0 spiro atoms. The Bertz CT molecular complexity index is 990. The zero-order valence-corrected chi connectivity index (χ0v) is 14.4. The summed E-state index contributed by atoms with van der Waals surface area (Å²) in [6, 6.07) is 15.6. The zero-order chi connectivity index (χ0) is 19.4. The van der Waals surface area contributed by atoms with Crippen molar-refractivity contribution in [1.82, 2.24) is 9.99 Å². The van der Waals surface area contributed by atoms with Gasteiger partial charge in [0.05, 0.1) is 17.5 Å². The molecule has 0 bridgehead atoms. The Balaban J connectivity index is 1.75. The van der Waals surface area contributed by atoms with Gasteiger partial charge in [-0.15, -0.1) is 0 Å². The highest BCUT2D eigenvalue weighted by atomic mass is 19.4. The number of hydrogen-bond acceptors (Lipinski definition) is 2. The lowest BCUT2D eigenvalue weighted by molar-refractivity contribution is -0.137. The predicted molar refractivity (Wildman–Crippen MR) is 97.0 cm³/mol. The third-order valence-electron chi connectivity index (χ3n) is 3.97. The van der Waals surface area contributed by atoms with E-state index in [1.165, 1.54) is 18.3 Å². The number of hydrogen-bond donors (Lipinski definition) is 1. The number of para-hydroxylation sites is 1. The van der Waals surface area contributed by atoms with Crippen LogP contribution in [0.3, 0.4) is 0 Å². The van der Waals surface area contributed by atoms with Crippen molar-refractivity contribution in [2.24, 2.45) is 5.10 Å². The minimum Gasteiger partial charge on any atom is -0.315 e. The van der Waals surface area contributed by atoms with Crippen LogP contribution in [0.2, 0.25) is 0 Å². The van der Waals surface area contributed by atoms with Crippen molar-refractivity contribution >= 4 is 12.1 Å². The van der Waals surface area contributed by atoms with Gasteiger partial charge in [-0.25, -0.2) is 5.43 Å². The summed E-state index contributed by atoms with van der Waals surface area (Å²) in [6.07, 6.45) is -1.20. The summed E-state index contributed by atoms with van der Waals surface area (Å²) in [4.78, 5) is 12.1. The molecule has 0 saturated carbocycles. The summed E-state index contributed by atoms with van der Waals surface area (Å²) in [5.74, 6) is -0.716. The number of carbonyl (C=O) groups excluding carboxylic acids is 1. The summed E-state index contributed by atoms with van der Waals surface area (Å²) in [7, 11) is 0. The fourth-order valence-electron chi connectivity index (χ4n) is 2.61. The van der Waals surface area contributed by atoms with E-state index in [0.29, 0.717) is 5.69 Å². The number of aryl methyl sites for hydroxylation is 1. The Morgan fingerprint density at radius 3 is 2.59 bits per heavy atom. The van der Waals surface area contributed by atoms with E-state index >= 15 is 0 Å². The second kappa shape index (κ2) is 7.49. The van der Waals surface area contributed by atoms with Gasteiger partial charge in [-0.2, -0.15) is 18.3 Å². The number of rotatable bonds is 4. The fraction of sp³-hybridized carbons (Fsp3) is 0.100. The van der Waals surface area contributed by atoms with Gasteiger partial charge in [0.15, 0.2) is 0 Å². The number of halogens is 3. The number of alkyl halides is 3. The van der Waals surface area contributed by atoms with Gasteiger partial charge in [0.1, 0.15) is 0 Å². The summed E-state index contributed by atoms with van der Waals surface area (Å²) >= 11 is 0. The predicted octanol–water partition coefficient (Wildman–Crippen LogP) is 4.57. The lowest BCUT2D eigenvalue weighted by atomic mass is 10.1. The van der Waals surface area contributed by atoms with Gasteiger partial charge < -0.3 is 4.57 Å². The van der Waals surface area contributed by atoms with E-state index in [0.717, 1.165) is 23.4 Å². The van der Waals surface area contributed by atoms with Gasteiger partial charge in [0.25, 0.3) is 5.91 Å². The van der Waals surface area contributed by atoms with Gasteiger partial charge in [-0.3, -0.25) is 4.79 Å². The third kappa shape index (κ3) is 4.25. The molecular weight excluding hydrogens is 355 g/mol. The molecule has 7 heteroatoms. The SMILES string of the molecule is Cc1ccccc1-n1cccc1/C=N/NC(=O)c1cccc(C(F)(F)F)c1. The highest BCUT2D eigenvalue weighted by Crippen LogP contribution is 2.29. The van der Waals surface area contributed by atoms with Crippen LogP contribution < -0.4 is 5.43 Å². The van der Waals surface area contributed by atoms with Crippen LogP contribution >= 0.6 is 0 Å². The summed E-state index contributed by atoms with van der Waals surface area (Å²) in [6.45, 7) is 1.98. The van der Waals surface area contributed by atoms with Gasteiger partial charge in [-0.05, 0) is 48.9 Å². The molecule has 0 atom stereocenters. The molecule has 1 N–H and O–H groups in total. The molecule has 0 aliphatic heterocycles. The van der Waals surface area contributed by atoms with Crippen molar-refractivity contribution in [1.29, 1.82) is 0 Å². The first kappa shape index (κ1) is 18.4. The van der Waals surface area contributed by atoms with Gasteiger partial charge in [0.2, 0.25) is 0 Å². The van der Waals surface area contributed by atoms with Crippen molar-refractivity contribution in [3.8, 4) is 5.69 Å². The number of hydrazone groups is 1. The third-order valence-corrected chi connectivity index (χ3v) is 3.97. The average molecular weight is 371 g/mol. The van der Waals surface area contributed by atoms with Crippen LogP contribution in [0.1, 0.15) is 27.2 Å². The smallest absolute Gasteiger partial charge is 0.315 e. The molecule has 0 aliphatic carbocycles. The van der Waals surface area contributed by atoms with Crippen LogP contribution in [-0.4, -0.2) is 16.7 Å². The molecule has 1 aromatic heterocycles. The number of nitrogens with zero attached hydrogens (tertiary/aromatic N) is 2. The number of carbonyl (C=O) groups is 1. The lowest BCUT2D eigenvalue weighted by Crippen LogP contribution is -2.18. The van der Waals surface area contributed by atoms with Crippen LogP contribution in [0.5, 0.6) is 0 Å². The molecule has 3 rings (SSSR count). The molecule has 27 heavy (non-hydrogen) atoms. The molecule has 0 saturated heterocycles. The molecule has 2 aromatic carbocycles. The van der Waals surface area contributed by atoms with E-state index in [2.05, 4.69) is 10.5 Å². The highest BCUT2D eigenvalue weighted by Gasteiger charge is 2.30. The van der Waals surface area contributed by atoms with Gasteiger partial charge >= 0.3 is 6.18 Å². The van der Waals surface area contributed by atoms with E-state index < -0.39 is 17.6 Å². The molecule has 1 amide bonds. The second-order valence-electron chi connectivity index (χ2n) is 5.87. The largest absolute Gasteiger partial charge is 0.416 e. The van der Waals surface area contributed by atoms with E-state index in [1.807, 2.05) is 54.1 Å². The van der Waals surface area contributed by atoms with Crippen molar-refractivity contribution in [3.63, 3.8) is 0 Å². The van der Waals surface area contributed by atoms with Crippen LogP contribution in [0.25, 0.3) is 5.69 Å². The maximum atomic E-state index is 12.7. The van der Waals surface area contributed by atoms with Crippen LogP contribution in [0.4, 0.5) is 13.2 Å². The standard InChI is InChI=1S/C20H16F3N3O/c1-14-6-2-3-10-18(14)26-11-5-9-17(26)13-24-25-19(27)15-7-4-8-16(12-15)20(21,22)23/h2-13H,1H3,(H,25,27)/b24-13+. The minimum absolute atomic E-state index is 0.115. The maximum absolute atomic E-state index is 12.7. The Morgan fingerprint density at radius 2 is 1.85 bits per heavy atom. The topological polar surface area (TPSA) is 46.4 Å². The van der Waals surface area contributed by atoms with Crippen molar-refractivity contribution < 1.29 is 18.0 Å². The van der Waals surface area contributed by atoms with Gasteiger partial charge in [-0.1, -0.05) is 24.3 Å². The highest BCUT2D eigenvalue weighted by molar-refractivity contribution is 5.95. The molecule has 0 radical (unpaired) electrons. The number of benzene rings is 2. The Hall–Kier alpha value is -3.35. The number of aromatic nitrogens is 1. The monoisotopic (exact) mass is 371 g/mol. The Kier molecular flexibility index (Phi) is 5.12. The van der Waals surface area contributed by atoms with Crippen molar-refractivity contribution in [2.75, 3.05) is 0 Å². The molecule has 0 fully saturated rings. The average Bonchev–Trinajstić information content (AvgIpc) is 3.09. The zero-order valence-electron chi connectivity index (χ0n) is 14.4. The molecule has 4 nitrogen and oxygen atoms in total. The first-order valence-corrected chi connectivity index (χ1v) is 8.10. The molecule has 138 valence electrons. The van der Waals surface area contributed by atoms with E-state index in [1.54, 1.807) is 0 Å². The lowest BCUT2D eigenvalue weighted by Gasteiger charge is -2.09. The number of amides is 1. The first-order chi connectivity index (χ1) is 12.9. The van der Waals surface area contributed by atoms with Crippen LogP contribution in [-0.2, 0) is 6.18 Å². The quantitative estimate of drug-likeness (QED) is 0.530. The molecule has 1 heterocycles. The molecule has 0 unspecified atom stereocenters. The van der Waals surface area contributed by atoms with Crippen molar-refractivity contribution in [2.45, 2.75) is 13.1 Å². The first-order valence-electron chi connectivity index (χ1n) is 8.10. The van der Waals surface area contributed by atoms with E-state index in [4.69, 9.17) is 0 Å². The molecule has 0 aliphatic rings. The fourth-order valence-corrected chi connectivity index (χ4v) is 2.61. The Labute approximate surface area is 153 Å². The minimum atomic E-state index is -4.51. The van der Waals surface area contributed by atoms with Crippen LogP contribution in [0, 0.1) is 6.92 Å². The molecular formula is C20H16F3N3O. The molecule has 3 aromatic rings. The van der Waals surface area contributed by atoms with Crippen molar-refractivity contribution in [3.05, 3.63) is 89.2 Å². The van der Waals surface area contributed by atoms with Gasteiger partial charge in [0, 0.05) is 17.4 Å².